The third kappa shape index (κ3) is 2.93. The van der Waals surface area contributed by atoms with E-state index in [9.17, 15) is 5.11 Å². The van der Waals surface area contributed by atoms with Crippen LogP contribution >= 0.6 is 0 Å². The zero-order valence-corrected chi connectivity index (χ0v) is 12.8. The molecule has 0 spiro atoms. The average molecular weight is 272 g/mol. The van der Waals surface area contributed by atoms with Crippen molar-refractivity contribution in [2.75, 3.05) is 0 Å². The van der Waals surface area contributed by atoms with E-state index in [1.165, 1.54) is 5.56 Å². The topological polar surface area (TPSA) is 38.1 Å². The molecule has 0 saturated carbocycles. The number of imidazole rings is 1. The van der Waals surface area contributed by atoms with E-state index in [1.54, 1.807) is 6.20 Å². The number of hydrogen-bond donors (Lipinski definition) is 1. The van der Waals surface area contributed by atoms with Gasteiger partial charge in [0.1, 0.15) is 11.9 Å². The van der Waals surface area contributed by atoms with Crippen LogP contribution in [0.15, 0.2) is 30.5 Å². The van der Waals surface area contributed by atoms with Gasteiger partial charge < -0.3 is 9.67 Å². The average Bonchev–Trinajstić information content (AvgIpc) is 2.80. The Bertz CT molecular complexity index is 555. The molecular weight excluding hydrogens is 248 g/mol. The van der Waals surface area contributed by atoms with E-state index >= 15 is 0 Å². The Hall–Kier alpha value is -1.61. The molecule has 0 saturated heterocycles. The number of nitrogens with zero attached hydrogens (tertiary/aromatic N) is 2. The molecule has 0 aliphatic rings. The summed E-state index contributed by atoms with van der Waals surface area (Å²) in [5.41, 5.74) is 3.06. The van der Waals surface area contributed by atoms with Crippen molar-refractivity contribution in [1.29, 1.82) is 0 Å². The maximum Gasteiger partial charge on any atom is 0.121 e. The number of aromatic nitrogens is 2. The van der Waals surface area contributed by atoms with Gasteiger partial charge in [-0.05, 0) is 23.5 Å². The molecule has 1 atom stereocenters. The first-order chi connectivity index (χ1) is 9.54. The Balaban J connectivity index is 2.24. The maximum atomic E-state index is 10.5. The SMILES string of the molecule is CCCc1ncc([C@@H](O)c2ccc(C(C)C)cc2)n1C. The zero-order valence-electron chi connectivity index (χ0n) is 12.8. The predicted octanol–water partition coefficient (Wildman–Crippen LogP) is 3.58. The number of aryl methyl sites for hydroxylation is 1. The Morgan fingerprint density at radius 2 is 1.75 bits per heavy atom. The predicted molar refractivity (Wildman–Crippen MR) is 81.8 cm³/mol. The lowest BCUT2D eigenvalue weighted by molar-refractivity contribution is 0.211. The summed E-state index contributed by atoms with van der Waals surface area (Å²) in [5, 5.41) is 10.5. The van der Waals surface area contributed by atoms with Crippen molar-refractivity contribution in [1.82, 2.24) is 9.55 Å². The molecule has 0 fully saturated rings. The molecule has 1 heterocycles. The van der Waals surface area contributed by atoms with Crippen LogP contribution in [0.1, 0.15) is 61.9 Å². The van der Waals surface area contributed by atoms with Gasteiger partial charge in [-0.25, -0.2) is 4.98 Å². The molecule has 3 nitrogen and oxygen atoms in total. The van der Waals surface area contributed by atoms with Gasteiger partial charge in [0, 0.05) is 13.5 Å². The van der Waals surface area contributed by atoms with E-state index in [0.717, 1.165) is 29.9 Å². The second-order valence-electron chi connectivity index (χ2n) is 5.63. The van der Waals surface area contributed by atoms with Crippen LogP contribution in [0.3, 0.4) is 0 Å². The summed E-state index contributed by atoms with van der Waals surface area (Å²) in [6.45, 7) is 6.47. The highest BCUT2D eigenvalue weighted by atomic mass is 16.3. The monoisotopic (exact) mass is 272 g/mol. The molecule has 108 valence electrons. The minimum Gasteiger partial charge on any atom is -0.382 e. The number of aliphatic hydroxyl groups excluding tert-OH is 1. The van der Waals surface area contributed by atoms with Crippen LogP contribution in [0.2, 0.25) is 0 Å². The smallest absolute Gasteiger partial charge is 0.121 e. The number of rotatable bonds is 5. The summed E-state index contributed by atoms with van der Waals surface area (Å²) in [4.78, 5) is 4.40. The molecule has 20 heavy (non-hydrogen) atoms. The van der Waals surface area contributed by atoms with E-state index in [0.29, 0.717) is 5.92 Å². The largest absolute Gasteiger partial charge is 0.382 e. The molecule has 0 amide bonds. The molecule has 2 aromatic rings. The highest BCUT2D eigenvalue weighted by Gasteiger charge is 2.16. The van der Waals surface area contributed by atoms with Crippen LogP contribution in [0.4, 0.5) is 0 Å². The summed E-state index contributed by atoms with van der Waals surface area (Å²) in [6, 6.07) is 8.19. The van der Waals surface area contributed by atoms with E-state index in [1.807, 2.05) is 23.7 Å². The minimum absolute atomic E-state index is 0.508. The van der Waals surface area contributed by atoms with Gasteiger partial charge in [0.05, 0.1) is 11.9 Å². The Morgan fingerprint density at radius 3 is 2.30 bits per heavy atom. The molecule has 1 aromatic heterocycles. The summed E-state index contributed by atoms with van der Waals surface area (Å²) in [6.07, 6.45) is 3.17. The van der Waals surface area contributed by atoms with Crippen molar-refractivity contribution in [3.05, 3.63) is 53.1 Å². The second kappa shape index (κ2) is 6.23. The fourth-order valence-corrected chi connectivity index (χ4v) is 2.41. The normalized spacial score (nSPS) is 12.9. The standard InChI is InChI=1S/C17H24N2O/c1-5-6-16-18-11-15(19(16)4)17(20)14-9-7-13(8-10-14)12(2)3/h7-12,17,20H,5-6H2,1-4H3/t17-/m0/s1. The van der Waals surface area contributed by atoms with Gasteiger partial charge in [-0.15, -0.1) is 0 Å². The van der Waals surface area contributed by atoms with Crippen molar-refractivity contribution < 1.29 is 5.11 Å². The zero-order chi connectivity index (χ0) is 14.7. The van der Waals surface area contributed by atoms with Crippen LogP contribution < -0.4 is 0 Å². The van der Waals surface area contributed by atoms with Crippen molar-refractivity contribution >= 4 is 0 Å². The van der Waals surface area contributed by atoms with Crippen molar-refractivity contribution in [3.63, 3.8) is 0 Å². The highest BCUT2D eigenvalue weighted by molar-refractivity contribution is 5.30. The third-order valence-electron chi connectivity index (χ3n) is 3.79. The van der Waals surface area contributed by atoms with Crippen LogP contribution in [0, 0.1) is 0 Å². The van der Waals surface area contributed by atoms with Gasteiger partial charge >= 0.3 is 0 Å². The van der Waals surface area contributed by atoms with Gasteiger partial charge in [0.15, 0.2) is 0 Å². The van der Waals surface area contributed by atoms with Gasteiger partial charge in [0.25, 0.3) is 0 Å². The number of aliphatic hydroxyl groups is 1. The fourth-order valence-electron chi connectivity index (χ4n) is 2.41. The molecule has 1 aromatic carbocycles. The van der Waals surface area contributed by atoms with Crippen LogP contribution in [0.25, 0.3) is 0 Å². The van der Waals surface area contributed by atoms with E-state index in [-0.39, 0.29) is 0 Å². The quantitative estimate of drug-likeness (QED) is 0.903. The Morgan fingerprint density at radius 1 is 1.15 bits per heavy atom. The lowest BCUT2D eigenvalue weighted by Crippen LogP contribution is -2.08. The van der Waals surface area contributed by atoms with Gasteiger partial charge in [-0.3, -0.25) is 0 Å². The van der Waals surface area contributed by atoms with Crippen LogP contribution in [-0.4, -0.2) is 14.7 Å². The van der Waals surface area contributed by atoms with Crippen LogP contribution in [0.5, 0.6) is 0 Å². The molecule has 0 aliphatic heterocycles. The van der Waals surface area contributed by atoms with Gasteiger partial charge in [0.2, 0.25) is 0 Å². The van der Waals surface area contributed by atoms with Crippen LogP contribution in [-0.2, 0) is 13.5 Å². The first-order valence-corrected chi connectivity index (χ1v) is 7.33. The second-order valence-corrected chi connectivity index (χ2v) is 5.63. The summed E-state index contributed by atoms with van der Waals surface area (Å²) < 4.78 is 2.00. The Labute approximate surface area is 121 Å². The van der Waals surface area contributed by atoms with Gasteiger partial charge in [-0.1, -0.05) is 45.0 Å². The molecular formula is C17H24N2O. The number of hydrogen-bond acceptors (Lipinski definition) is 2. The van der Waals surface area contributed by atoms with Crippen molar-refractivity contribution in [3.8, 4) is 0 Å². The molecule has 3 heteroatoms. The molecule has 0 bridgehead atoms. The lowest BCUT2D eigenvalue weighted by atomic mass is 9.99. The summed E-state index contributed by atoms with van der Waals surface area (Å²) in [7, 11) is 1.97. The fraction of sp³-hybridized carbons (Fsp3) is 0.471. The third-order valence-corrected chi connectivity index (χ3v) is 3.79. The summed E-state index contributed by atoms with van der Waals surface area (Å²) >= 11 is 0. The van der Waals surface area contributed by atoms with E-state index < -0.39 is 6.10 Å². The lowest BCUT2D eigenvalue weighted by Gasteiger charge is -2.14. The van der Waals surface area contributed by atoms with E-state index in [2.05, 4.69) is 37.9 Å². The minimum atomic E-state index is -0.612. The molecule has 0 radical (unpaired) electrons. The molecule has 2 rings (SSSR count). The van der Waals surface area contributed by atoms with E-state index in [4.69, 9.17) is 0 Å². The van der Waals surface area contributed by atoms with Gasteiger partial charge in [-0.2, -0.15) is 0 Å². The highest BCUT2D eigenvalue weighted by Crippen LogP contribution is 2.24. The summed E-state index contributed by atoms with van der Waals surface area (Å²) in [5.74, 6) is 1.54. The Kier molecular flexibility index (Phi) is 4.61. The molecule has 1 N–H and O–H groups in total. The maximum absolute atomic E-state index is 10.5. The molecule has 0 aliphatic carbocycles. The molecule has 0 unspecified atom stereocenters. The van der Waals surface area contributed by atoms with Crippen molar-refractivity contribution in [2.24, 2.45) is 7.05 Å². The first kappa shape index (κ1) is 14.8. The first-order valence-electron chi connectivity index (χ1n) is 7.33. The number of benzene rings is 1. The van der Waals surface area contributed by atoms with Crippen molar-refractivity contribution in [2.45, 2.75) is 45.6 Å².